The Labute approximate surface area is 173 Å². The third-order valence-electron chi connectivity index (χ3n) is 4.49. The number of aromatic nitrogens is 6. The standard InChI is InChI=1S/C21H22N6OS/c1-16-10-6-7-13-18(16)20-23-24-21(28-20)29-15-9-3-8-14-27-25-19(22-26-27)17-11-4-2-5-12-17/h2,4-7,10-13H,3,8-9,14-15H2,1H3. The van der Waals surface area contributed by atoms with Gasteiger partial charge >= 0.3 is 0 Å². The van der Waals surface area contributed by atoms with Crippen molar-refractivity contribution >= 4 is 11.8 Å². The smallest absolute Gasteiger partial charge is 0.276 e. The summed E-state index contributed by atoms with van der Waals surface area (Å²) in [5.74, 6) is 2.19. The fourth-order valence-electron chi connectivity index (χ4n) is 2.92. The van der Waals surface area contributed by atoms with Crippen LogP contribution in [-0.4, -0.2) is 36.2 Å². The van der Waals surface area contributed by atoms with Crippen LogP contribution in [-0.2, 0) is 6.54 Å². The Hall–Kier alpha value is -3.00. The van der Waals surface area contributed by atoms with Gasteiger partial charge in [0.05, 0.1) is 6.54 Å². The molecule has 0 aliphatic carbocycles. The van der Waals surface area contributed by atoms with Gasteiger partial charge in [0.2, 0.25) is 11.7 Å². The number of hydrogen-bond acceptors (Lipinski definition) is 7. The molecule has 0 aliphatic rings. The Morgan fingerprint density at radius 1 is 0.897 bits per heavy atom. The van der Waals surface area contributed by atoms with E-state index in [1.54, 1.807) is 16.6 Å². The molecule has 4 aromatic rings. The molecule has 0 saturated carbocycles. The molecule has 0 atom stereocenters. The van der Waals surface area contributed by atoms with Gasteiger partial charge in [0, 0.05) is 16.9 Å². The van der Waals surface area contributed by atoms with Crippen LogP contribution in [0.5, 0.6) is 0 Å². The minimum Gasteiger partial charge on any atom is -0.411 e. The summed E-state index contributed by atoms with van der Waals surface area (Å²) in [6.07, 6.45) is 3.14. The molecule has 29 heavy (non-hydrogen) atoms. The molecule has 0 N–H and O–H groups in total. The van der Waals surface area contributed by atoms with Crippen molar-refractivity contribution in [3.8, 4) is 22.8 Å². The van der Waals surface area contributed by atoms with Gasteiger partial charge in [0.25, 0.3) is 5.22 Å². The van der Waals surface area contributed by atoms with Crippen molar-refractivity contribution in [2.45, 2.75) is 38.0 Å². The zero-order valence-corrected chi connectivity index (χ0v) is 17.0. The molecular weight excluding hydrogens is 384 g/mol. The van der Waals surface area contributed by atoms with E-state index in [0.717, 1.165) is 48.3 Å². The highest BCUT2D eigenvalue weighted by molar-refractivity contribution is 7.99. The van der Waals surface area contributed by atoms with Gasteiger partial charge in [-0.3, -0.25) is 0 Å². The number of hydrogen-bond donors (Lipinski definition) is 0. The number of unbranched alkanes of at least 4 members (excludes halogenated alkanes) is 2. The van der Waals surface area contributed by atoms with Crippen LogP contribution in [0.25, 0.3) is 22.8 Å². The van der Waals surface area contributed by atoms with Crippen LogP contribution < -0.4 is 0 Å². The lowest BCUT2D eigenvalue weighted by Gasteiger charge is -2.00. The van der Waals surface area contributed by atoms with Gasteiger partial charge in [-0.05, 0) is 36.6 Å². The molecule has 148 valence electrons. The van der Waals surface area contributed by atoms with Crippen molar-refractivity contribution in [1.29, 1.82) is 0 Å². The summed E-state index contributed by atoms with van der Waals surface area (Å²) in [7, 11) is 0. The summed E-state index contributed by atoms with van der Waals surface area (Å²) in [5.41, 5.74) is 3.10. The molecule has 0 saturated heterocycles. The molecule has 0 amide bonds. The lowest BCUT2D eigenvalue weighted by atomic mass is 10.1. The second-order valence-electron chi connectivity index (χ2n) is 6.67. The van der Waals surface area contributed by atoms with E-state index in [1.165, 1.54) is 0 Å². The van der Waals surface area contributed by atoms with E-state index in [2.05, 4.69) is 25.6 Å². The molecule has 0 unspecified atom stereocenters. The first-order valence-corrected chi connectivity index (χ1v) is 10.6. The summed E-state index contributed by atoms with van der Waals surface area (Å²) in [6, 6.07) is 17.9. The number of rotatable bonds is 9. The third kappa shape index (κ3) is 5.08. The van der Waals surface area contributed by atoms with Gasteiger partial charge < -0.3 is 4.42 Å². The van der Waals surface area contributed by atoms with Gasteiger partial charge in [-0.1, -0.05) is 66.7 Å². The van der Waals surface area contributed by atoms with Crippen LogP contribution >= 0.6 is 11.8 Å². The normalized spacial score (nSPS) is 11.1. The number of benzene rings is 2. The van der Waals surface area contributed by atoms with Crippen molar-refractivity contribution in [2.75, 3.05) is 5.75 Å². The number of thioether (sulfide) groups is 1. The Kier molecular flexibility index (Phi) is 6.31. The summed E-state index contributed by atoms with van der Waals surface area (Å²) < 4.78 is 5.78. The average molecular weight is 407 g/mol. The van der Waals surface area contributed by atoms with Crippen LogP contribution in [0.1, 0.15) is 24.8 Å². The van der Waals surface area contributed by atoms with Gasteiger partial charge in [0.15, 0.2) is 0 Å². The van der Waals surface area contributed by atoms with E-state index in [9.17, 15) is 0 Å². The van der Waals surface area contributed by atoms with Gasteiger partial charge in [0.1, 0.15) is 0 Å². The first-order valence-electron chi connectivity index (χ1n) is 9.65. The van der Waals surface area contributed by atoms with E-state index < -0.39 is 0 Å². The Morgan fingerprint density at radius 2 is 1.72 bits per heavy atom. The fraction of sp³-hybridized carbons (Fsp3) is 0.286. The molecule has 2 aromatic carbocycles. The minimum absolute atomic E-state index is 0.581. The predicted molar refractivity (Wildman–Crippen MR) is 112 cm³/mol. The van der Waals surface area contributed by atoms with Crippen molar-refractivity contribution in [2.24, 2.45) is 0 Å². The first-order chi connectivity index (χ1) is 14.3. The molecule has 8 heteroatoms. The summed E-state index contributed by atoms with van der Waals surface area (Å²) in [5, 5.41) is 21.6. The molecular formula is C21H22N6OS. The maximum atomic E-state index is 5.78. The largest absolute Gasteiger partial charge is 0.411 e. The second-order valence-corrected chi connectivity index (χ2v) is 7.72. The Bertz CT molecular complexity index is 1050. The van der Waals surface area contributed by atoms with E-state index in [4.69, 9.17) is 4.42 Å². The molecule has 0 fully saturated rings. The predicted octanol–water partition coefficient (Wildman–Crippen LogP) is 4.66. The number of nitrogens with zero attached hydrogens (tertiary/aromatic N) is 6. The highest BCUT2D eigenvalue weighted by Gasteiger charge is 2.10. The van der Waals surface area contributed by atoms with Gasteiger partial charge in [-0.15, -0.1) is 20.4 Å². The molecule has 0 spiro atoms. The van der Waals surface area contributed by atoms with Crippen LogP contribution in [0.4, 0.5) is 0 Å². The van der Waals surface area contributed by atoms with Crippen molar-refractivity contribution < 1.29 is 4.42 Å². The number of tetrazole rings is 1. The zero-order valence-electron chi connectivity index (χ0n) is 16.2. The topological polar surface area (TPSA) is 82.5 Å². The minimum atomic E-state index is 0.581. The van der Waals surface area contributed by atoms with Crippen molar-refractivity contribution in [3.63, 3.8) is 0 Å². The molecule has 0 radical (unpaired) electrons. The third-order valence-corrected chi connectivity index (χ3v) is 5.40. The molecule has 4 rings (SSSR count). The fourth-order valence-corrected chi connectivity index (χ4v) is 3.68. The lowest BCUT2D eigenvalue weighted by molar-refractivity contribution is 0.464. The van der Waals surface area contributed by atoms with Crippen LogP contribution in [0.3, 0.4) is 0 Å². The SMILES string of the molecule is Cc1ccccc1-c1nnc(SCCCCCn2nnc(-c3ccccc3)n2)o1. The Morgan fingerprint density at radius 3 is 2.59 bits per heavy atom. The molecule has 2 aromatic heterocycles. The van der Waals surface area contributed by atoms with Gasteiger partial charge in [-0.2, -0.15) is 4.80 Å². The van der Waals surface area contributed by atoms with E-state index >= 15 is 0 Å². The highest BCUT2D eigenvalue weighted by atomic mass is 32.2. The second kappa shape index (κ2) is 9.47. The highest BCUT2D eigenvalue weighted by Crippen LogP contribution is 2.26. The van der Waals surface area contributed by atoms with Gasteiger partial charge in [-0.25, -0.2) is 0 Å². The first kappa shape index (κ1) is 19.3. The maximum absolute atomic E-state index is 5.78. The van der Waals surface area contributed by atoms with Crippen LogP contribution in [0.2, 0.25) is 0 Å². The van der Waals surface area contributed by atoms with E-state index in [1.807, 2.05) is 61.5 Å². The van der Waals surface area contributed by atoms with Crippen LogP contribution in [0.15, 0.2) is 64.2 Å². The molecule has 7 nitrogen and oxygen atoms in total. The summed E-state index contributed by atoms with van der Waals surface area (Å²) >= 11 is 1.60. The Balaban J connectivity index is 1.18. The summed E-state index contributed by atoms with van der Waals surface area (Å²) in [6.45, 7) is 2.81. The maximum Gasteiger partial charge on any atom is 0.276 e. The van der Waals surface area contributed by atoms with Crippen molar-refractivity contribution in [1.82, 2.24) is 30.4 Å². The van der Waals surface area contributed by atoms with E-state index in [0.29, 0.717) is 16.9 Å². The monoisotopic (exact) mass is 406 g/mol. The summed E-state index contributed by atoms with van der Waals surface area (Å²) in [4.78, 5) is 1.67. The van der Waals surface area contributed by atoms with E-state index in [-0.39, 0.29) is 0 Å². The molecule has 0 aliphatic heterocycles. The van der Waals surface area contributed by atoms with Crippen LogP contribution in [0, 0.1) is 6.92 Å². The zero-order chi connectivity index (χ0) is 19.9. The van der Waals surface area contributed by atoms with Crippen molar-refractivity contribution in [3.05, 3.63) is 60.2 Å². The molecule has 0 bridgehead atoms. The molecule has 2 heterocycles. The lowest BCUT2D eigenvalue weighted by Crippen LogP contribution is -2.02. The average Bonchev–Trinajstić information content (AvgIpc) is 3.41. The number of aryl methyl sites for hydroxylation is 2. The quantitative estimate of drug-likeness (QED) is 0.295.